The molecule has 1 heterocycles. The molecule has 9 aromatic carbocycles. The maximum atomic E-state index is 9.84. The van der Waals surface area contributed by atoms with Crippen LogP contribution in [0.25, 0.3) is 98.4 Å². The summed E-state index contributed by atoms with van der Waals surface area (Å²) in [6, 6.07) is -5.36. The fourth-order valence-corrected chi connectivity index (χ4v) is 6.25. The first kappa shape index (κ1) is 12.9. The van der Waals surface area contributed by atoms with Crippen molar-refractivity contribution in [1.29, 1.82) is 0 Å². The van der Waals surface area contributed by atoms with Crippen molar-refractivity contribution in [3.63, 3.8) is 0 Å². The second-order valence-corrected chi connectivity index (χ2v) is 10.8. The van der Waals surface area contributed by atoms with Crippen LogP contribution >= 0.6 is 0 Å². The maximum Gasteiger partial charge on any atom is 0.135 e. The Labute approximate surface area is 301 Å². The van der Waals surface area contributed by atoms with E-state index in [-0.39, 0.29) is 16.5 Å². The Morgan fingerprint density at radius 2 is 0.957 bits per heavy atom. The van der Waals surface area contributed by atoms with Gasteiger partial charge in [0.05, 0.1) is 28.8 Å². The van der Waals surface area contributed by atoms with E-state index in [1.807, 2.05) is 0 Å². The quantitative estimate of drug-likeness (QED) is 0.180. The second kappa shape index (κ2) is 10.2. The van der Waals surface area contributed by atoms with E-state index in [1.54, 1.807) is 42.5 Å². The van der Waals surface area contributed by atoms with Crippen LogP contribution in [0.15, 0.2) is 174 Å². The van der Waals surface area contributed by atoms with Crippen LogP contribution in [0.1, 0.15) is 28.8 Å². The summed E-state index contributed by atoms with van der Waals surface area (Å²) in [5.41, 5.74) is -1.37. The van der Waals surface area contributed by atoms with E-state index < -0.39 is 187 Å². The Hall–Kier alpha value is -6.18. The number of para-hydroxylation sites is 1. The van der Waals surface area contributed by atoms with Gasteiger partial charge >= 0.3 is 0 Å². The van der Waals surface area contributed by atoms with Gasteiger partial charge in [-0.3, -0.25) is 0 Å². The Balaban J connectivity index is 1.51. The third-order valence-corrected chi connectivity index (χ3v) is 8.29. The lowest BCUT2D eigenvalue weighted by Gasteiger charge is -2.20. The van der Waals surface area contributed by atoms with Gasteiger partial charge in [-0.1, -0.05) is 145 Å². The molecule has 0 radical (unpaired) electrons. The van der Waals surface area contributed by atoms with E-state index in [9.17, 15) is 13.7 Å². The standard InChI is InChI=1S/C46H28O/c1-2-12-30-27-32(22-21-29(30)11-1)45-37-16-5-7-18-39(37)46(40-19-8-6-17-38(40)45)41-25-24-33(34-13-3-4-14-35(34)41)31-23-26-44-42(28-31)36-15-9-10-20-43(36)47-44/h1-28H/i1D,2D,3D,4D,5D,6D,7D,8D,11D,12D,13D,14D,16D,17D,18D,19D,21D,22D,24D,25D,27D. The van der Waals surface area contributed by atoms with Gasteiger partial charge in [0.25, 0.3) is 0 Å². The summed E-state index contributed by atoms with van der Waals surface area (Å²) in [6.45, 7) is 0. The molecule has 0 N–H and O–H groups in total. The van der Waals surface area contributed by atoms with Crippen molar-refractivity contribution in [3.05, 3.63) is 169 Å². The second-order valence-electron chi connectivity index (χ2n) is 10.8. The minimum atomic E-state index is -0.904. The highest BCUT2D eigenvalue weighted by molar-refractivity contribution is 6.24. The molecule has 0 fully saturated rings. The van der Waals surface area contributed by atoms with E-state index in [1.165, 1.54) is 0 Å². The Kier molecular flexibility index (Phi) is 2.79. The predicted octanol–water partition coefficient (Wildman–Crippen LogP) is 13.2. The van der Waals surface area contributed by atoms with E-state index in [0.717, 1.165) is 0 Å². The molecular formula is C46H28O. The fourth-order valence-electron chi connectivity index (χ4n) is 6.25. The van der Waals surface area contributed by atoms with Crippen molar-refractivity contribution in [1.82, 2.24) is 0 Å². The molecular weight excluding hydrogens is 569 g/mol. The molecule has 10 rings (SSSR count). The van der Waals surface area contributed by atoms with Crippen molar-refractivity contribution < 1.29 is 33.2 Å². The molecule has 0 aliphatic heterocycles. The Morgan fingerprint density at radius 3 is 1.70 bits per heavy atom. The first-order valence-corrected chi connectivity index (χ1v) is 14.5. The number of benzene rings is 9. The number of furan rings is 1. The molecule has 0 bridgehead atoms. The molecule has 0 saturated carbocycles. The van der Waals surface area contributed by atoms with E-state index >= 15 is 0 Å². The van der Waals surface area contributed by atoms with Crippen LogP contribution < -0.4 is 0 Å². The first-order chi connectivity index (χ1) is 32.1. The monoisotopic (exact) mass is 617 g/mol. The third kappa shape index (κ3) is 3.97. The van der Waals surface area contributed by atoms with Crippen molar-refractivity contribution >= 4 is 65.0 Å². The molecule has 218 valence electrons. The summed E-state index contributed by atoms with van der Waals surface area (Å²) < 4.78 is 197. The minimum Gasteiger partial charge on any atom is -0.456 e. The average Bonchev–Trinajstić information content (AvgIpc) is 3.70. The van der Waals surface area contributed by atoms with Gasteiger partial charge in [-0.25, -0.2) is 0 Å². The average molecular weight is 618 g/mol. The van der Waals surface area contributed by atoms with Gasteiger partial charge in [0.15, 0.2) is 0 Å². The van der Waals surface area contributed by atoms with Crippen LogP contribution in [0, 0.1) is 0 Å². The van der Waals surface area contributed by atoms with Crippen LogP contribution in [-0.2, 0) is 0 Å². The topological polar surface area (TPSA) is 13.1 Å². The highest BCUT2D eigenvalue weighted by atomic mass is 16.3. The number of hydrogen-bond donors (Lipinski definition) is 0. The molecule has 0 unspecified atom stereocenters. The molecule has 0 amide bonds. The number of hydrogen-bond acceptors (Lipinski definition) is 1. The van der Waals surface area contributed by atoms with Crippen molar-refractivity contribution in [3.8, 4) is 33.4 Å². The lowest BCUT2D eigenvalue weighted by molar-refractivity contribution is 0.669. The molecule has 47 heavy (non-hydrogen) atoms. The summed E-state index contributed by atoms with van der Waals surface area (Å²) in [5, 5.41) is -3.04. The summed E-state index contributed by atoms with van der Waals surface area (Å²) in [7, 11) is 0. The predicted molar refractivity (Wildman–Crippen MR) is 200 cm³/mol. The van der Waals surface area contributed by atoms with Crippen LogP contribution in [-0.4, -0.2) is 0 Å². The Bertz CT molecular complexity index is 3960. The smallest absolute Gasteiger partial charge is 0.135 e. The van der Waals surface area contributed by atoms with Gasteiger partial charge in [0.1, 0.15) is 11.2 Å². The first-order valence-electron chi connectivity index (χ1n) is 25.0. The lowest BCUT2D eigenvalue weighted by atomic mass is 9.83. The zero-order chi connectivity index (χ0) is 49.2. The summed E-state index contributed by atoms with van der Waals surface area (Å²) in [6.07, 6.45) is 0. The van der Waals surface area contributed by atoms with Crippen molar-refractivity contribution in [2.24, 2.45) is 0 Å². The van der Waals surface area contributed by atoms with Gasteiger partial charge in [0.2, 0.25) is 0 Å². The number of rotatable bonds is 3. The van der Waals surface area contributed by atoms with Gasteiger partial charge in [-0.15, -0.1) is 0 Å². The van der Waals surface area contributed by atoms with Crippen molar-refractivity contribution in [2.75, 3.05) is 0 Å². The van der Waals surface area contributed by atoms with Crippen LogP contribution in [0.3, 0.4) is 0 Å². The van der Waals surface area contributed by atoms with E-state index in [0.29, 0.717) is 21.9 Å². The van der Waals surface area contributed by atoms with Gasteiger partial charge in [-0.05, 0) is 101 Å². The van der Waals surface area contributed by atoms with Crippen LogP contribution in [0.4, 0.5) is 0 Å². The normalized spacial score (nSPS) is 18.1. The van der Waals surface area contributed by atoms with Gasteiger partial charge in [-0.2, -0.15) is 0 Å². The summed E-state index contributed by atoms with van der Waals surface area (Å²) in [4.78, 5) is 0. The lowest BCUT2D eigenvalue weighted by Crippen LogP contribution is -1.92. The van der Waals surface area contributed by atoms with Gasteiger partial charge < -0.3 is 4.42 Å². The van der Waals surface area contributed by atoms with E-state index in [4.69, 9.17) is 19.5 Å². The minimum absolute atomic E-state index is 0.136. The SMILES string of the molecule is [2H]c1c([2H])c([2H])c2c([2H])c(-c3c4c([2H])c([2H])c([2H])c([2H])c4c(-c4c([2H])c([2H])c(-c5ccc6oc7ccccc7c6c5)c5c([2H])c([2H])c([2H])c([2H])c45)c4c([2H])c([2H])c([2H])c([2H])c34)c([2H])c([2H])c2c1[2H]. The largest absolute Gasteiger partial charge is 0.456 e. The molecule has 0 atom stereocenters. The van der Waals surface area contributed by atoms with Crippen LogP contribution in [0.5, 0.6) is 0 Å². The summed E-state index contributed by atoms with van der Waals surface area (Å²) >= 11 is 0. The van der Waals surface area contributed by atoms with Gasteiger partial charge in [0, 0.05) is 10.8 Å². The molecule has 1 nitrogen and oxygen atoms in total. The van der Waals surface area contributed by atoms with Crippen LogP contribution in [0.2, 0.25) is 0 Å². The molecule has 0 spiro atoms. The molecule has 10 aromatic rings. The number of fused-ring (bicyclic) bond motifs is 7. The maximum absolute atomic E-state index is 9.84. The summed E-state index contributed by atoms with van der Waals surface area (Å²) in [5.74, 6) is 0. The molecule has 1 aromatic heterocycles. The molecule has 0 aliphatic carbocycles. The van der Waals surface area contributed by atoms with E-state index in [2.05, 4.69) is 0 Å². The molecule has 1 heteroatoms. The zero-order valence-corrected chi connectivity index (χ0v) is 23.9. The Morgan fingerprint density at radius 1 is 0.383 bits per heavy atom. The fraction of sp³-hybridized carbons (Fsp3) is 0. The molecule has 0 aliphatic rings. The highest BCUT2D eigenvalue weighted by Gasteiger charge is 2.19. The molecule has 0 saturated heterocycles. The third-order valence-electron chi connectivity index (χ3n) is 8.29. The highest BCUT2D eigenvalue weighted by Crippen LogP contribution is 2.47. The zero-order valence-electron chi connectivity index (χ0n) is 44.9. The van der Waals surface area contributed by atoms with Crippen molar-refractivity contribution in [2.45, 2.75) is 0 Å².